The average molecular weight is 454 g/mol. The van der Waals surface area contributed by atoms with Crippen LogP contribution in [0, 0.1) is 0 Å². The van der Waals surface area contributed by atoms with Crippen molar-refractivity contribution >= 4 is 29.1 Å². The molecule has 0 aromatic heterocycles. The van der Waals surface area contributed by atoms with Gasteiger partial charge in [-0.25, -0.2) is 0 Å². The molecule has 2 amide bonds. The number of carbonyl (C=O) groups is 2. The zero-order valence-electron chi connectivity index (χ0n) is 18.5. The molecule has 32 heavy (non-hydrogen) atoms. The van der Waals surface area contributed by atoms with E-state index < -0.39 is 5.41 Å². The molecule has 0 atom stereocenters. The Morgan fingerprint density at radius 3 is 2.38 bits per heavy atom. The fourth-order valence-corrected chi connectivity index (χ4v) is 5.26. The molecule has 2 aromatic carbocycles. The maximum atomic E-state index is 13.5. The number of rotatable bonds is 6. The van der Waals surface area contributed by atoms with Gasteiger partial charge in [-0.2, -0.15) is 0 Å². The molecule has 2 aromatic rings. The Morgan fingerprint density at radius 1 is 0.969 bits per heavy atom. The van der Waals surface area contributed by atoms with Crippen molar-refractivity contribution in [3.05, 3.63) is 65.2 Å². The standard InChI is InChI=1S/C26H32ClN3O2/c27-21-9-7-8-20(18-21)26(14-5-2-6-15-26)25(32)29-23-12-16-30(17-13-23)19-24(31)28-22-10-3-1-4-11-22/h1,3-4,7-11,18,23H,2,5-6,12-17,19H2,(H,28,31)(H,29,32). The van der Waals surface area contributed by atoms with Crippen LogP contribution in [-0.4, -0.2) is 42.4 Å². The summed E-state index contributed by atoms with van der Waals surface area (Å²) in [5, 5.41) is 6.98. The number of para-hydroxylation sites is 1. The van der Waals surface area contributed by atoms with E-state index in [1.165, 1.54) is 6.42 Å². The number of nitrogens with one attached hydrogen (secondary N) is 2. The highest BCUT2D eigenvalue weighted by Crippen LogP contribution is 2.40. The molecule has 2 fully saturated rings. The van der Waals surface area contributed by atoms with E-state index in [4.69, 9.17) is 11.6 Å². The predicted molar refractivity (Wildman–Crippen MR) is 129 cm³/mol. The van der Waals surface area contributed by atoms with Crippen LogP contribution in [0.4, 0.5) is 5.69 Å². The number of nitrogens with zero attached hydrogens (tertiary/aromatic N) is 1. The third-order valence-corrected chi connectivity index (χ3v) is 7.10. The van der Waals surface area contributed by atoms with Crippen LogP contribution in [0.2, 0.25) is 5.02 Å². The summed E-state index contributed by atoms with van der Waals surface area (Å²) in [4.78, 5) is 28.0. The third-order valence-electron chi connectivity index (χ3n) is 6.87. The van der Waals surface area contributed by atoms with Crippen molar-refractivity contribution in [1.82, 2.24) is 10.2 Å². The number of hydrogen-bond donors (Lipinski definition) is 2. The van der Waals surface area contributed by atoms with Gasteiger partial charge in [-0.05, 0) is 55.5 Å². The van der Waals surface area contributed by atoms with Gasteiger partial charge in [-0.15, -0.1) is 0 Å². The van der Waals surface area contributed by atoms with Crippen LogP contribution >= 0.6 is 11.6 Å². The van der Waals surface area contributed by atoms with E-state index in [0.29, 0.717) is 11.6 Å². The predicted octanol–water partition coefficient (Wildman–Crippen LogP) is 4.76. The van der Waals surface area contributed by atoms with Gasteiger partial charge in [0.05, 0.1) is 12.0 Å². The quantitative estimate of drug-likeness (QED) is 0.662. The maximum absolute atomic E-state index is 13.5. The topological polar surface area (TPSA) is 61.4 Å². The van der Waals surface area contributed by atoms with E-state index >= 15 is 0 Å². The molecule has 2 aliphatic rings. The second kappa shape index (κ2) is 10.5. The van der Waals surface area contributed by atoms with Gasteiger partial charge in [0.1, 0.15) is 0 Å². The van der Waals surface area contributed by atoms with E-state index in [2.05, 4.69) is 15.5 Å². The fourth-order valence-electron chi connectivity index (χ4n) is 5.07. The smallest absolute Gasteiger partial charge is 0.238 e. The summed E-state index contributed by atoms with van der Waals surface area (Å²) < 4.78 is 0. The van der Waals surface area contributed by atoms with Crippen molar-refractivity contribution in [2.24, 2.45) is 0 Å². The van der Waals surface area contributed by atoms with Crippen LogP contribution in [0.5, 0.6) is 0 Å². The minimum Gasteiger partial charge on any atom is -0.353 e. The van der Waals surface area contributed by atoms with Crippen LogP contribution < -0.4 is 10.6 Å². The van der Waals surface area contributed by atoms with Gasteiger partial charge in [0.2, 0.25) is 11.8 Å². The molecular weight excluding hydrogens is 422 g/mol. The molecule has 1 aliphatic heterocycles. The van der Waals surface area contributed by atoms with Gasteiger partial charge in [-0.3, -0.25) is 14.5 Å². The maximum Gasteiger partial charge on any atom is 0.238 e. The first kappa shape index (κ1) is 22.8. The average Bonchev–Trinajstić information content (AvgIpc) is 2.81. The van der Waals surface area contributed by atoms with Crippen molar-refractivity contribution in [2.45, 2.75) is 56.4 Å². The number of benzene rings is 2. The molecule has 170 valence electrons. The van der Waals surface area contributed by atoms with Gasteiger partial charge >= 0.3 is 0 Å². The first-order chi connectivity index (χ1) is 15.5. The lowest BCUT2D eigenvalue weighted by Crippen LogP contribution is -2.52. The minimum atomic E-state index is -0.476. The summed E-state index contributed by atoms with van der Waals surface area (Å²) in [6.07, 6.45) is 6.77. The molecular formula is C26H32ClN3O2. The third kappa shape index (κ3) is 5.51. The van der Waals surface area contributed by atoms with Gasteiger partial charge in [0, 0.05) is 29.8 Å². The largest absolute Gasteiger partial charge is 0.353 e. The Labute approximate surface area is 195 Å². The summed E-state index contributed by atoms with van der Waals surface area (Å²) in [6.45, 7) is 1.98. The van der Waals surface area contributed by atoms with Crippen molar-refractivity contribution in [3.63, 3.8) is 0 Å². The highest BCUT2D eigenvalue weighted by Gasteiger charge is 2.42. The van der Waals surface area contributed by atoms with Crippen LogP contribution in [0.3, 0.4) is 0 Å². The summed E-state index contributed by atoms with van der Waals surface area (Å²) >= 11 is 6.26. The lowest BCUT2D eigenvalue weighted by molar-refractivity contribution is -0.129. The van der Waals surface area contributed by atoms with E-state index in [9.17, 15) is 9.59 Å². The van der Waals surface area contributed by atoms with Crippen molar-refractivity contribution in [1.29, 1.82) is 0 Å². The molecule has 1 saturated heterocycles. The molecule has 5 nitrogen and oxygen atoms in total. The minimum absolute atomic E-state index is 0.000741. The monoisotopic (exact) mass is 453 g/mol. The highest BCUT2D eigenvalue weighted by molar-refractivity contribution is 6.30. The van der Waals surface area contributed by atoms with E-state index in [1.807, 2.05) is 54.6 Å². The second-order valence-corrected chi connectivity index (χ2v) is 9.53. The molecule has 1 heterocycles. The molecule has 4 rings (SSSR count). The number of anilines is 1. The summed E-state index contributed by atoms with van der Waals surface area (Å²) in [6, 6.07) is 17.5. The number of halogens is 1. The van der Waals surface area contributed by atoms with E-state index in [-0.39, 0.29) is 17.9 Å². The van der Waals surface area contributed by atoms with Crippen molar-refractivity contribution in [3.8, 4) is 0 Å². The Hall–Kier alpha value is -2.37. The lowest BCUT2D eigenvalue weighted by atomic mass is 9.68. The zero-order chi connectivity index (χ0) is 22.4. The highest BCUT2D eigenvalue weighted by atomic mass is 35.5. The molecule has 0 radical (unpaired) electrons. The first-order valence-corrected chi connectivity index (χ1v) is 12.1. The van der Waals surface area contributed by atoms with Crippen molar-refractivity contribution < 1.29 is 9.59 Å². The van der Waals surface area contributed by atoms with Gasteiger partial charge in [0.15, 0.2) is 0 Å². The zero-order valence-corrected chi connectivity index (χ0v) is 19.2. The molecule has 1 aliphatic carbocycles. The molecule has 0 unspecified atom stereocenters. The molecule has 0 bridgehead atoms. The SMILES string of the molecule is O=C(CN1CCC(NC(=O)C2(c3cccc(Cl)c3)CCCCC2)CC1)Nc1ccccc1. The summed E-state index contributed by atoms with van der Waals surface area (Å²) in [7, 11) is 0. The second-order valence-electron chi connectivity index (χ2n) is 9.09. The van der Waals surface area contributed by atoms with Gasteiger partial charge < -0.3 is 10.6 Å². The molecule has 0 spiro atoms. The Balaban J connectivity index is 1.31. The normalized spacial score (nSPS) is 19.3. The number of carbonyl (C=O) groups excluding carboxylic acids is 2. The Bertz CT molecular complexity index is 920. The number of piperidine rings is 1. The van der Waals surface area contributed by atoms with E-state index in [0.717, 1.165) is 62.9 Å². The van der Waals surface area contributed by atoms with Crippen LogP contribution in [0.15, 0.2) is 54.6 Å². The number of amides is 2. The summed E-state index contributed by atoms with van der Waals surface area (Å²) in [5.74, 6) is 0.139. The van der Waals surface area contributed by atoms with Crippen molar-refractivity contribution in [2.75, 3.05) is 25.0 Å². The van der Waals surface area contributed by atoms with E-state index in [1.54, 1.807) is 0 Å². The molecule has 6 heteroatoms. The van der Waals surface area contributed by atoms with Crippen LogP contribution in [-0.2, 0) is 15.0 Å². The fraction of sp³-hybridized carbons (Fsp3) is 0.462. The number of hydrogen-bond acceptors (Lipinski definition) is 3. The molecule has 1 saturated carbocycles. The summed E-state index contributed by atoms with van der Waals surface area (Å²) in [5.41, 5.74) is 1.38. The van der Waals surface area contributed by atoms with Gasteiger partial charge in [0.25, 0.3) is 0 Å². The Morgan fingerprint density at radius 2 is 1.69 bits per heavy atom. The van der Waals surface area contributed by atoms with Gasteiger partial charge in [-0.1, -0.05) is 61.2 Å². The molecule has 2 N–H and O–H groups in total. The van der Waals surface area contributed by atoms with Crippen LogP contribution in [0.25, 0.3) is 0 Å². The lowest BCUT2D eigenvalue weighted by Gasteiger charge is -2.39. The first-order valence-electron chi connectivity index (χ1n) is 11.7. The number of likely N-dealkylation sites (tertiary alicyclic amines) is 1. The van der Waals surface area contributed by atoms with Crippen LogP contribution in [0.1, 0.15) is 50.5 Å². The Kier molecular flexibility index (Phi) is 7.48.